The van der Waals surface area contributed by atoms with Crippen LogP contribution in [0.5, 0.6) is 0 Å². The van der Waals surface area contributed by atoms with Crippen LogP contribution in [0.1, 0.15) is 6.92 Å². The van der Waals surface area contributed by atoms with E-state index in [9.17, 15) is 9.18 Å². The van der Waals surface area contributed by atoms with E-state index in [-0.39, 0.29) is 11.7 Å². The van der Waals surface area contributed by atoms with E-state index in [0.717, 1.165) is 0 Å². The maximum absolute atomic E-state index is 13.7. The second kappa shape index (κ2) is 6.89. The Morgan fingerprint density at radius 3 is 2.50 bits per heavy atom. The lowest BCUT2D eigenvalue weighted by Crippen LogP contribution is -2.48. The number of carbonyl (C=O) groups is 1. The van der Waals surface area contributed by atoms with Crippen molar-refractivity contribution in [3.8, 4) is 0 Å². The van der Waals surface area contributed by atoms with Crippen molar-refractivity contribution < 1.29 is 9.18 Å². The molecule has 1 aromatic carbocycles. The highest BCUT2D eigenvalue weighted by Gasteiger charge is 2.21. The largest absolute Gasteiger partial charge is 0.366 e. The van der Waals surface area contributed by atoms with Crippen LogP contribution in [0, 0.1) is 5.82 Å². The molecule has 1 aliphatic heterocycles. The summed E-state index contributed by atoms with van der Waals surface area (Å²) in [7, 11) is 0. The Bertz CT molecular complexity index is 517. The van der Waals surface area contributed by atoms with Gasteiger partial charge in [0.05, 0.1) is 5.69 Å². The van der Waals surface area contributed by atoms with Gasteiger partial charge < -0.3 is 9.80 Å². The van der Waals surface area contributed by atoms with Crippen molar-refractivity contribution in [2.75, 3.05) is 31.1 Å². The summed E-state index contributed by atoms with van der Waals surface area (Å²) < 4.78 is 13.7. The van der Waals surface area contributed by atoms with Gasteiger partial charge in [-0.25, -0.2) is 4.39 Å². The van der Waals surface area contributed by atoms with Crippen molar-refractivity contribution in [2.24, 2.45) is 0 Å². The molecule has 0 saturated carbocycles. The van der Waals surface area contributed by atoms with Gasteiger partial charge in [-0.15, -0.1) is 0 Å². The van der Waals surface area contributed by atoms with Crippen molar-refractivity contribution in [1.82, 2.24) is 4.90 Å². The summed E-state index contributed by atoms with van der Waals surface area (Å²) in [6.07, 6.45) is 7.01. The molecule has 0 atom stereocenters. The average molecular weight is 274 g/mol. The first-order valence-corrected chi connectivity index (χ1v) is 6.80. The van der Waals surface area contributed by atoms with Crippen LogP contribution in [-0.4, -0.2) is 37.0 Å². The number of allylic oxidation sites excluding steroid dienone is 3. The monoisotopic (exact) mass is 274 g/mol. The highest BCUT2D eigenvalue weighted by atomic mass is 19.1. The summed E-state index contributed by atoms with van der Waals surface area (Å²) in [5, 5.41) is 0. The molecule has 1 fully saturated rings. The van der Waals surface area contributed by atoms with Gasteiger partial charge in [0, 0.05) is 32.3 Å². The number of hydrogen-bond donors (Lipinski definition) is 0. The molecule has 1 aliphatic rings. The molecule has 2 rings (SSSR count). The number of benzene rings is 1. The van der Waals surface area contributed by atoms with E-state index in [1.54, 1.807) is 29.2 Å². The number of carbonyl (C=O) groups excluding carboxylic acids is 1. The van der Waals surface area contributed by atoms with Gasteiger partial charge in [-0.1, -0.05) is 30.4 Å². The van der Waals surface area contributed by atoms with E-state index in [2.05, 4.69) is 0 Å². The van der Waals surface area contributed by atoms with Crippen molar-refractivity contribution >= 4 is 11.6 Å². The molecule has 1 heterocycles. The quantitative estimate of drug-likeness (QED) is 0.625. The lowest BCUT2D eigenvalue weighted by molar-refractivity contribution is -0.126. The maximum atomic E-state index is 13.7. The maximum Gasteiger partial charge on any atom is 0.246 e. The Hall–Kier alpha value is -2.10. The minimum Gasteiger partial charge on any atom is -0.366 e. The van der Waals surface area contributed by atoms with Crippen LogP contribution < -0.4 is 4.90 Å². The summed E-state index contributed by atoms with van der Waals surface area (Å²) in [5.74, 6) is -0.198. The van der Waals surface area contributed by atoms with E-state index in [1.165, 1.54) is 6.07 Å². The summed E-state index contributed by atoms with van der Waals surface area (Å²) >= 11 is 0. The van der Waals surface area contributed by atoms with Crippen LogP contribution in [0.15, 0.2) is 48.6 Å². The fourth-order valence-corrected chi connectivity index (χ4v) is 2.23. The second-order valence-corrected chi connectivity index (χ2v) is 4.65. The van der Waals surface area contributed by atoms with E-state index in [4.69, 9.17) is 0 Å². The van der Waals surface area contributed by atoms with Gasteiger partial charge in [-0.05, 0) is 19.1 Å². The third kappa shape index (κ3) is 3.47. The Labute approximate surface area is 119 Å². The number of hydrogen-bond acceptors (Lipinski definition) is 2. The number of amides is 1. The van der Waals surface area contributed by atoms with Crippen LogP contribution in [0.25, 0.3) is 0 Å². The van der Waals surface area contributed by atoms with Crippen LogP contribution in [0.4, 0.5) is 10.1 Å². The lowest BCUT2D eigenvalue weighted by atomic mass is 10.2. The standard InChI is InChI=1S/C16H19FN2O/c1-2-3-4-9-16(20)19-12-10-18(11-13-19)15-8-6-5-7-14(15)17/h2-9H,10-13H2,1H3/b3-2+,9-4+. The third-order valence-corrected chi connectivity index (χ3v) is 3.33. The number of anilines is 1. The highest BCUT2D eigenvalue weighted by molar-refractivity contribution is 5.88. The van der Waals surface area contributed by atoms with Crippen LogP contribution >= 0.6 is 0 Å². The Kier molecular flexibility index (Phi) is 4.93. The molecule has 0 bridgehead atoms. The van der Waals surface area contributed by atoms with Crippen molar-refractivity contribution in [1.29, 1.82) is 0 Å². The van der Waals surface area contributed by atoms with Gasteiger partial charge in [-0.3, -0.25) is 4.79 Å². The predicted octanol–water partition coefficient (Wildman–Crippen LogP) is 2.61. The van der Waals surface area contributed by atoms with Gasteiger partial charge in [0.15, 0.2) is 0 Å². The minimum atomic E-state index is -0.208. The molecule has 3 nitrogen and oxygen atoms in total. The molecule has 0 aromatic heterocycles. The molecule has 1 amide bonds. The van der Waals surface area contributed by atoms with Gasteiger partial charge >= 0.3 is 0 Å². The summed E-state index contributed by atoms with van der Waals surface area (Å²) in [4.78, 5) is 15.7. The molecular weight excluding hydrogens is 255 g/mol. The predicted molar refractivity (Wildman–Crippen MR) is 79.1 cm³/mol. The molecule has 0 unspecified atom stereocenters. The van der Waals surface area contributed by atoms with E-state index in [1.807, 2.05) is 30.0 Å². The van der Waals surface area contributed by atoms with Crippen molar-refractivity contribution in [3.63, 3.8) is 0 Å². The Balaban J connectivity index is 1.93. The number of rotatable bonds is 3. The molecule has 0 aliphatic carbocycles. The topological polar surface area (TPSA) is 23.6 Å². The van der Waals surface area contributed by atoms with Crippen LogP contribution in [0.3, 0.4) is 0 Å². The molecule has 1 saturated heterocycles. The van der Waals surface area contributed by atoms with Gasteiger partial charge in [0.1, 0.15) is 5.82 Å². The van der Waals surface area contributed by atoms with Gasteiger partial charge in [0.2, 0.25) is 5.91 Å². The fraction of sp³-hybridized carbons (Fsp3) is 0.312. The van der Waals surface area contributed by atoms with E-state index >= 15 is 0 Å². The summed E-state index contributed by atoms with van der Waals surface area (Å²) in [6.45, 7) is 4.46. The van der Waals surface area contributed by atoms with Gasteiger partial charge in [0.25, 0.3) is 0 Å². The molecule has 0 spiro atoms. The highest BCUT2D eigenvalue weighted by Crippen LogP contribution is 2.20. The first-order valence-electron chi connectivity index (χ1n) is 6.80. The summed E-state index contributed by atoms with van der Waals surface area (Å²) in [6, 6.07) is 6.76. The van der Waals surface area contributed by atoms with Crippen molar-refractivity contribution in [2.45, 2.75) is 6.92 Å². The first-order chi connectivity index (χ1) is 9.72. The molecule has 1 aromatic rings. The minimum absolute atomic E-state index is 0.0104. The molecule has 106 valence electrons. The lowest BCUT2D eigenvalue weighted by Gasteiger charge is -2.35. The van der Waals surface area contributed by atoms with Crippen molar-refractivity contribution in [3.05, 3.63) is 54.4 Å². The van der Waals surface area contributed by atoms with Crippen LogP contribution in [-0.2, 0) is 4.79 Å². The fourth-order valence-electron chi connectivity index (χ4n) is 2.23. The smallest absolute Gasteiger partial charge is 0.246 e. The average Bonchev–Trinajstić information content (AvgIpc) is 2.48. The van der Waals surface area contributed by atoms with E-state index < -0.39 is 0 Å². The molecule has 20 heavy (non-hydrogen) atoms. The van der Waals surface area contributed by atoms with Crippen LogP contribution in [0.2, 0.25) is 0 Å². The Morgan fingerprint density at radius 2 is 1.85 bits per heavy atom. The van der Waals surface area contributed by atoms with E-state index in [0.29, 0.717) is 31.9 Å². The molecule has 0 N–H and O–H groups in total. The Morgan fingerprint density at radius 1 is 1.15 bits per heavy atom. The third-order valence-electron chi connectivity index (χ3n) is 3.33. The number of nitrogens with zero attached hydrogens (tertiary/aromatic N) is 2. The number of para-hydroxylation sites is 1. The number of halogens is 1. The summed E-state index contributed by atoms with van der Waals surface area (Å²) in [5.41, 5.74) is 0.615. The molecule has 4 heteroatoms. The zero-order chi connectivity index (χ0) is 14.4. The normalized spacial score (nSPS) is 16.3. The first kappa shape index (κ1) is 14.3. The molecule has 0 radical (unpaired) electrons. The number of piperazine rings is 1. The zero-order valence-electron chi connectivity index (χ0n) is 11.6. The SMILES string of the molecule is C/C=C/C=C/C(=O)N1CCN(c2ccccc2F)CC1. The second-order valence-electron chi connectivity index (χ2n) is 4.65. The molecular formula is C16H19FN2O. The van der Waals surface area contributed by atoms with Gasteiger partial charge in [-0.2, -0.15) is 0 Å². The zero-order valence-corrected chi connectivity index (χ0v) is 11.6.